The van der Waals surface area contributed by atoms with Gasteiger partial charge in [-0.15, -0.1) is 0 Å². The summed E-state index contributed by atoms with van der Waals surface area (Å²) in [5, 5.41) is 79.9. The Kier molecular flexibility index (Phi) is 36.7. The minimum atomic E-state index is -4.12. The molecule has 0 aliphatic carbocycles. The topological polar surface area (TPSA) is 472 Å². The molecule has 0 aromatic heterocycles. The van der Waals surface area contributed by atoms with Crippen LogP contribution in [0.5, 0.6) is 28.7 Å². The molecule has 0 atom stereocenters. The fourth-order valence-electron chi connectivity index (χ4n) is 13.7. The molecule has 5 N–H and O–H groups in total. The molecular formula is C110H82Cl2N12O23S. The van der Waals surface area contributed by atoms with Gasteiger partial charge in [0, 0.05) is 64.7 Å². The minimum Gasteiger partial charge on any atom is -0.486 e. The van der Waals surface area contributed by atoms with Gasteiger partial charge in [0.25, 0.3) is 67.8 Å². The highest BCUT2D eigenvalue weighted by atomic mass is 35.5. The minimum absolute atomic E-state index is 0.00474. The number of non-ortho nitro benzene ring substituents is 6. The molecule has 0 radical (unpaired) electrons. The number of halogens is 2. The van der Waals surface area contributed by atoms with Gasteiger partial charge in [0.1, 0.15) is 56.0 Å². The molecule has 740 valence electrons. The van der Waals surface area contributed by atoms with Gasteiger partial charge in [-0.2, -0.15) is 0 Å². The van der Waals surface area contributed by atoms with Crippen molar-refractivity contribution in [3.8, 4) is 39.9 Å². The summed E-state index contributed by atoms with van der Waals surface area (Å²) in [7, 11) is -4.12. The fourth-order valence-corrected chi connectivity index (χ4v) is 15.1. The number of fused-ring (bicyclic) bond motifs is 1. The maximum atomic E-state index is 12.8. The highest BCUT2D eigenvalue weighted by molar-refractivity contribution is 7.92. The zero-order valence-electron chi connectivity index (χ0n) is 77.4. The zero-order chi connectivity index (χ0) is 105. The van der Waals surface area contributed by atoms with Gasteiger partial charge in [-0.1, -0.05) is 272 Å². The Bertz CT molecular complexity index is 7840. The first-order valence-electron chi connectivity index (χ1n) is 44.3. The van der Waals surface area contributed by atoms with Gasteiger partial charge in [0.15, 0.2) is 11.4 Å². The van der Waals surface area contributed by atoms with Crippen LogP contribution in [-0.2, 0) is 43.1 Å². The molecular weight excluding hydrogens is 1960 g/mol. The third-order valence-electron chi connectivity index (χ3n) is 21.4. The van der Waals surface area contributed by atoms with Crippen LogP contribution in [0.15, 0.2) is 411 Å². The summed E-state index contributed by atoms with van der Waals surface area (Å²) >= 11 is 11.8. The molecule has 0 saturated heterocycles. The van der Waals surface area contributed by atoms with E-state index in [0.29, 0.717) is 55.7 Å². The molecule has 0 aliphatic rings. The molecule has 35 nitrogen and oxygen atoms in total. The SMILES string of the molecule is O=C(Nc1ccc([N+](=O)[O-])cc1OCc1ccccc1)c1ccc(-c2ccccc2)cc1.O=C(Nc1ccc([N+](=O)[O-])cc1OCc1ccccc1)c1ccc(Cl)c(Cl)c1.O=C(Nc1ccc([N+](=O)[O-])cc1OCc1ccccc1)c1ccc2ccccc2c1.O=[N+]([O-])c1ccc(S(=O)(=O)Nc2ccc([N+](=O)[O-])cc2OCc2ccccc2)cc1.[C-]#[N+]c1ccc(C(=O)Nc2ccc([N+](=O)[O-])cc2OCc2ccccc2)cc1. The van der Waals surface area contributed by atoms with E-state index >= 15 is 0 Å². The van der Waals surface area contributed by atoms with Crippen LogP contribution in [0.3, 0.4) is 0 Å². The van der Waals surface area contributed by atoms with E-state index in [9.17, 15) is 88.3 Å². The third kappa shape index (κ3) is 30.6. The number of nitro groups is 6. The summed E-state index contributed by atoms with van der Waals surface area (Å²) in [5.74, 6) is -0.678. The maximum Gasteiger partial charge on any atom is 0.273 e. The van der Waals surface area contributed by atoms with Gasteiger partial charge in [-0.3, -0.25) is 84.6 Å². The van der Waals surface area contributed by atoms with Crippen LogP contribution in [0.4, 0.5) is 68.2 Å². The lowest BCUT2D eigenvalue weighted by molar-refractivity contribution is -0.385. The van der Waals surface area contributed by atoms with Crippen LogP contribution in [0.1, 0.15) is 69.2 Å². The smallest absolute Gasteiger partial charge is 0.273 e. The highest BCUT2D eigenvalue weighted by Crippen LogP contribution is 2.39. The first-order chi connectivity index (χ1) is 71.5. The molecule has 17 aromatic rings. The van der Waals surface area contributed by atoms with Crippen molar-refractivity contribution in [1.82, 2.24) is 0 Å². The predicted molar refractivity (Wildman–Crippen MR) is 560 cm³/mol. The van der Waals surface area contributed by atoms with Gasteiger partial charge in [0.05, 0.1) is 110 Å². The van der Waals surface area contributed by atoms with E-state index in [1.54, 1.807) is 72.8 Å². The number of hydrogen-bond acceptors (Lipinski definition) is 23. The first-order valence-corrected chi connectivity index (χ1v) is 46.6. The van der Waals surface area contributed by atoms with E-state index in [2.05, 4.69) is 30.8 Å². The van der Waals surface area contributed by atoms with Crippen molar-refractivity contribution in [2.24, 2.45) is 0 Å². The molecule has 0 spiro atoms. The molecule has 0 unspecified atom stereocenters. The van der Waals surface area contributed by atoms with Gasteiger partial charge in [0.2, 0.25) is 0 Å². The number of carbonyl (C=O) groups excluding carboxylic acids is 4. The van der Waals surface area contributed by atoms with Crippen molar-refractivity contribution in [3.05, 3.63) is 539 Å². The Morgan fingerprint density at radius 1 is 0.270 bits per heavy atom. The van der Waals surface area contributed by atoms with Gasteiger partial charge < -0.3 is 45.0 Å². The number of rotatable bonds is 33. The number of nitro benzene ring substituents is 6. The summed E-state index contributed by atoms with van der Waals surface area (Å²) in [4.78, 5) is 117. The average Bonchev–Trinajstić information content (AvgIpc) is 0.822. The molecule has 148 heavy (non-hydrogen) atoms. The van der Waals surface area contributed by atoms with Crippen LogP contribution in [0.2, 0.25) is 10.0 Å². The van der Waals surface area contributed by atoms with Crippen LogP contribution < -0.4 is 49.7 Å². The predicted octanol–water partition coefficient (Wildman–Crippen LogP) is 26.3. The molecule has 38 heteroatoms. The Morgan fingerprint density at radius 2 is 0.534 bits per heavy atom. The second-order valence-corrected chi connectivity index (χ2v) is 34.0. The number of carbonyl (C=O) groups is 4. The van der Waals surface area contributed by atoms with Crippen molar-refractivity contribution < 1.29 is 80.8 Å². The summed E-state index contributed by atoms with van der Waals surface area (Å²) in [6.45, 7) is 7.85. The van der Waals surface area contributed by atoms with Crippen LogP contribution in [-0.4, -0.2) is 61.6 Å². The van der Waals surface area contributed by atoms with Gasteiger partial charge in [-0.05, 0) is 135 Å². The van der Waals surface area contributed by atoms with Gasteiger partial charge in [-0.25, -0.2) is 13.3 Å². The Hall–Kier alpha value is -19.9. The third-order valence-corrected chi connectivity index (χ3v) is 23.5. The molecule has 17 aromatic carbocycles. The molecule has 0 fully saturated rings. The lowest BCUT2D eigenvalue weighted by Crippen LogP contribution is -2.14. The number of amides is 4. The molecule has 17 rings (SSSR count). The molecule has 0 aliphatic heterocycles. The fraction of sp³-hybridized carbons (Fsp3) is 0.0455. The molecule has 0 heterocycles. The van der Waals surface area contributed by atoms with E-state index in [1.807, 2.05) is 200 Å². The first kappa shape index (κ1) is 105. The van der Waals surface area contributed by atoms with E-state index in [0.717, 1.165) is 86.1 Å². The number of sulfonamides is 1. The quantitative estimate of drug-likeness (QED) is 0.0145. The maximum absolute atomic E-state index is 12.8. The normalized spacial score (nSPS) is 10.4. The highest BCUT2D eigenvalue weighted by Gasteiger charge is 2.25. The number of ether oxygens (including phenoxy) is 5. The van der Waals surface area contributed by atoms with Crippen molar-refractivity contribution in [3.63, 3.8) is 0 Å². The van der Waals surface area contributed by atoms with Crippen molar-refractivity contribution in [2.75, 3.05) is 26.0 Å². The number of hydrogen-bond donors (Lipinski definition) is 5. The van der Waals surface area contributed by atoms with Crippen LogP contribution >= 0.6 is 23.2 Å². The van der Waals surface area contributed by atoms with Crippen LogP contribution in [0.25, 0.3) is 26.7 Å². The van der Waals surface area contributed by atoms with E-state index in [1.165, 1.54) is 97.1 Å². The van der Waals surface area contributed by atoms with E-state index in [-0.39, 0.29) is 123 Å². The van der Waals surface area contributed by atoms with Crippen molar-refractivity contribution >= 4 is 136 Å². The number of nitrogens with one attached hydrogen (secondary N) is 5. The lowest BCUT2D eigenvalue weighted by Gasteiger charge is -2.14. The molecule has 0 bridgehead atoms. The Labute approximate surface area is 853 Å². The van der Waals surface area contributed by atoms with Crippen molar-refractivity contribution in [1.29, 1.82) is 0 Å². The standard InChI is InChI=1S/C26H20N2O4.C24H18N2O4.C21H15N3O4.C20H14Cl2N2O4.C19H15N3O7S/c29-26(22-13-11-21(12-14-22)20-9-5-2-6-10-20)27-24-16-15-23(28(30)31)17-25(24)32-18-19-7-3-1-4-8-19;27-24(20-11-10-18-8-4-5-9-19(18)14-20)25-22-13-12-21(26(28)29)15-23(22)30-16-17-6-2-1-3-7-17;1-22-17-9-7-16(8-10-17)21(25)23-19-12-11-18(24(26)27)13-20(19)28-14-15-5-3-2-4-6-15;21-16-8-6-14(10-17(16)22)20(25)23-18-9-7-15(24(26)27)11-19(18)28-12-13-4-2-1-3-5-13;23-21(24)15-6-9-17(10-7-15)30(27,28)20-18-11-8-16(22(25)26)12-19(18)29-13-14-4-2-1-3-5-14/h1-17H,18H2,(H,27,29);1-15H,16H2,(H,25,27);2-13H,14H2,(H,23,25);1-11H,12H2,(H,23,25);1-12,20H,13H2. The molecule has 4 amide bonds. The monoisotopic (exact) mass is 2040 g/mol. The Balaban J connectivity index is 0.000000155. The Morgan fingerprint density at radius 3 is 0.858 bits per heavy atom. The molecule has 0 saturated carbocycles. The van der Waals surface area contributed by atoms with Gasteiger partial charge >= 0.3 is 0 Å². The summed E-state index contributed by atoms with van der Waals surface area (Å²) in [6, 6.07) is 112. The van der Waals surface area contributed by atoms with Crippen molar-refractivity contribution in [2.45, 2.75) is 37.9 Å². The largest absolute Gasteiger partial charge is 0.486 e. The second-order valence-electron chi connectivity index (χ2n) is 31.5. The van der Waals surface area contributed by atoms with E-state index in [4.69, 9.17) is 53.5 Å². The summed E-state index contributed by atoms with van der Waals surface area (Å²) in [6.07, 6.45) is 0. The number of benzene rings is 17. The lowest BCUT2D eigenvalue weighted by atomic mass is 10.0. The zero-order valence-corrected chi connectivity index (χ0v) is 79.7. The average molecular weight is 2040 g/mol. The number of anilines is 5. The number of nitrogens with zero attached hydrogens (tertiary/aromatic N) is 7. The summed E-state index contributed by atoms with van der Waals surface area (Å²) in [5.41, 5.74) is 8.82. The van der Waals surface area contributed by atoms with Crippen LogP contribution in [0, 0.1) is 67.3 Å². The summed E-state index contributed by atoms with van der Waals surface area (Å²) < 4.78 is 56.3. The van der Waals surface area contributed by atoms with E-state index < -0.39 is 51.4 Å². The second kappa shape index (κ2) is 51.5.